The zero-order chi connectivity index (χ0) is 13.0. The van der Waals surface area contributed by atoms with Crippen LogP contribution in [-0.4, -0.2) is 36.0 Å². The zero-order valence-corrected chi connectivity index (χ0v) is 11.7. The summed E-state index contributed by atoms with van der Waals surface area (Å²) in [5, 5.41) is 3.29. The first-order valence-electron chi connectivity index (χ1n) is 6.28. The average molecular weight is 264 g/mol. The number of amides is 1. The van der Waals surface area contributed by atoms with Crippen LogP contribution in [0.1, 0.15) is 18.5 Å². The molecule has 1 aromatic rings. The summed E-state index contributed by atoms with van der Waals surface area (Å²) in [6.45, 7) is 3.70. The molecule has 0 radical (unpaired) electrons. The molecule has 1 aliphatic heterocycles. The molecule has 1 N–H and O–H groups in total. The standard InChI is InChI=1S/C14H20N2OS/c1-11(9-18-2)8-16-10-15-13(14(16)17)12-6-4-3-5-7-12/h3-7,11,13,15H,8-10H2,1-2H3. The van der Waals surface area contributed by atoms with Gasteiger partial charge in [0.2, 0.25) is 5.91 Å². The Labute approximate surface area is 113 Å². The van der Waals surface area contributed by atoms with Gasteiger partial charge in [0.05, 0.1) is 6.67 Å². The lowest BCUT2D eigenvalue weighted by atomic mass is 10.1. The van der Waals surface area contributed by atoms with Crippen LogP contribution in [0, 0.1) is 5.92 Å². The molecule has 3 nitrogen and oxygen atoms in total. The molecule has 2 rings (SSSR count). The number of hydrogen-bond acceptors (Lipinski definition) is 3. The Morgan fingerprint density at radius 1 is 1.44 bits per heavy atom. The van der Waals surface area contributed by atoms with Crippen LogP contribution in [0.5, 0.6) is 0 Å². The molecular weight excluding hydrogens is 244 g/mol. The predicted octanol–water partition coefficient (Wildman–Crippen LogP) is 2.12. The molecule has 1 aliphatic rings. The monoisotopic (exact) mass is 264 g/mol. The lowest BCUT2D eigenvalue weighted by Gasteiger charge is -2.19. The van der Waals surface area contributed by atoms with Crippen molar-refractivity contribution in [1.29, 1.82) is 0 Å². The largest absolute Gasteiger partial charge is 0.328 e. The van der Waals surface area contributed by atoms with Gasteiger partial charge in [0.15, 0.2) is 0 Å². The molecular formula is C14H20N2OS. The van der Waals surface area contributed by atoms with Gasteiger partial charge in [-0.25, -0.2) is 0 Å². The highest BCUT2D eigenvalue weighted by Gasteiger charge is 2.32. The maximum absolute atomic E-state index is 12.3. The molecule has 0 saturated carbocycles. The van der Waals surface area contributed by atoms with Crippen LogP contribution < -0.4 is 5.32 Å². The van der Waals surface area contributed by atoms with E-state index in [1.54, 1.807) is 0 Å². The SMILES string of the molecule is CSCC(C)CN1CNC(c2ccccc2)C1=O. The number of carbonyl (C=O) groups is 1. The Balaban J connectivity index is 1.97. The summed E-state index contributed by atoms with van der Waals surface area (Å²) in [5.74, 6) is 1.84. The summed E-state index contributed by atoms with van der Waals surface area (Å²) in [4.78, 5) is 14.2. The second-order valence-electron chi connectivity index (χ2n) is 4.83. The van der Waals surface area contributed by atoms with Crippen molar-refractivity contribution in [3.63, 3.8) is 0 Å². The van der Waals surface area contributed by atoms with Gasteiger partial charge in [0.25, 0.3) is 0 Å². The van der Waals surface area contributed by atoms with Crippen molar-refractivity contribution < 1.29 is 4.79 Å². The summed E-state index contributed by atoms with van der Waals surface area (Å²) in [6.07, 6.45) is 2.10. The molecule has 0 aromatic heterocycles. The highest BCUT2D eigenvalue weighted by atomic mass is 32.2. The number of benzene rings is 1. The molecule has 4 heteroatoms. The van der Waals surface area contributed by atoms with Gasteiger partial charge in [-0.1, -0.05) is 37.3 Å². The molecule has 0 aliphatic carbocycles. The Hall–Kier alpha value is -1.00. The van der Waals surface area contributed by atoms with Crippen LogP contribution in [0.2, 0.25) is 0 Å². The molecule has 1 aromatic carbocycles. The van der Waals surface area contributed by atoms with Crippen molar-refractivity contribution in [2.75, 3.05) is 25.2 Å². The van der Waals surface area contributed by atoms with Crippen molar-refractivity contribution in [3.8, 4) is 0 Å². The number of thioether (sulfide) groups is 1. The van der Waals surface area contributed by atoms with Crippen LogP contribution in [0.4, 0.5) is 0 Å². The molecule has 2 unspecified atom stereocenters. The summed E-state index contributed by atoms with van der Waals surface area (Å²) < 4.78 is 0. The molecule has 1 amide bonds. The van der Waals surface area contributed by atoms with E-state index in [0.717, 1.165) is 17.9 Å². The molecule has 2 atom stereocenters. The van der Waals surface area contributed by atoms with Gasteiger partial charge in [-0.05, 0) is 23.5 Å². The number of rotatable bonds is 5. The van der Waals surface area contributed by atoms with Gasteiger partial charge in [-0.3, -0.25) is 10.1 Å². The predicted molar refractivity (Wildman–Crippen MR) is 76.4 cm³/mol. The van der Waals surface area contributed by atoms with E-state index in [1.807, 2.05) is 47.0 Å². The summed E-state index contributed by atoms with van der Waals surface area (Å²) in [5.41, 5.74) is 1.06. The van der Waals surface area contributed by atoms with Gasteiger partial charge in [-0.2, -0.15) is 11.8 Å². The quantitative estimate of drug-likeness (QED) is 0.884. The maximum Gasteiger partial charge on any atom is 0.245 e. The first kappa shape index (κ1) is 13.4. The summed E-state index contributed by atoms with van der Waals surface area (Å²) in [7, 11) is 0. The molecule has 1 heterocycles. The minimum absolute atomic E-state index is 0.160. The van der Waals surface area contributed by atoms with Crippen molar-refractivity contribution in [3.05, 3.63) is 35.9 Å². The van der Waals surface area contributed by atoms with Crippen LogP contribution in [0.3, 0.4) is 0 Å². The minimum Gasteiger partial charge on any atom is -0.328 e. The van der Waals surface area contributed by atoms with Gasteiger partial charge in [-0.15, -0.1) is 0 Å². The lowest BCUT2D eigenvalue weighted by Crippen LogP contribution is -2.32. The number of carbonyl (C=O) groups excluding carboxylic acids is 1. The smallest absolute Gasteiger partial charge is 0.245 e. The van der Waals surface area contributed by atoms with Crippen LogP contribution >= 0.6 is 11.8 Å². The molecule has 1 saturated heterocycles. The fourth-order valence-corrected chi connectivity index (χ4v) is 3.00. The maximum atomic E-state index is 12.3. The van der Waals surface area contributed by atoms with Gasteiger partial charge in [0.1, 0.15) is 6.04 Å². The highest BCUT2D eigenvalue weighted by Crippen LogP contribution is 2.21. The Kier molecular flexibility index (Phi) is 4.66. The first-order chi connectivity index (χ1) is 8.72. The van der Waals surface area contributed by atoms with E-state index in [1.165, 1.54) is 0 Å². The number of nitrogens with one attached hydrogen (secondary N) is 1. The van der Waals surface area contributed by atoms with Crippen LogP contribution in [-0.2, 0) is 4.79 Å². The van der Waals surface area contributed by atoms with Crippen molar-refractivity contribution in [2.24, 2.45) is 5.92 Å². The van der Waals surface area contributed by atoms with Gasteiger partial charge in [0, 0.05) is 6.54 Å². The van der Waals surface area contributed by atoms with E-state index in [2.05, 4.69) is 18.5 Å². The van der Waals surface area contributed by atoms with E-state index >= 15 is 0 Å². The van der Waals surface area contributed by atoms with Crippen molar-refractivity contribution in [1.82, 2.24) is 10.2 Å². The third-order valence-corrected chi connectivity index (χ3v) is 4.06. The first-order valence-corrected chi connectivity index (χ1v) is 7.68. The molecule has 0 spiro atoms. The fraction of sp³-hybridized carbons (Fsp3) is 0.500. The van der Waals surface area contributed by atoms with E-state index in [4.69, 9.17) is 0 Å². The highest BCUT2D eigenvalue weighted by molar-refractivity contribution is 7.98. The second-order valence-corrected chi connectivity index (χ2v) is 5.74. The third-order valence-electron chi connectivity index (χ3n) is 3.16. The van der Waals surface area contributed by atoms with E-state index in [9.17, 15) is 4.79 Å². The topological polar surface area (TPSA) is 32.3 Å². The summed E-state index contributed by atoms with van der Waals surface area (Å²) in [6, 6.07) is 9.77. The normalized spacial score (nSPS) is 21.3. The second kappa shape index (κ2) is 6.25. The van der Waals surface area contributed by atoms with Crippen molar-refractivity contribution in [2.45, 2.75) is 13.0 Å². The van der Waals surface area contributed by atoms with Gasteiger partial charge < -0.3 is 4.90 Å². The molecule has 18 heavy (non-hydrogen) atoms. The number of nitrogens with zero attached hydrogens (tertiary/aromatic N) is 1. The fourth-order valence-electron chi connectivity index (χ4n) is 2.32. The Morgan fingerprint density at radius 2 is 2.17 bits per heavy atom. The van der Waals surface area contributed by atoms with Crippen LogP contribution in [0.15, 0.2) is 30.3 Å². The van der Waals surface area contributed by atoms with Crippen molar-refractivity contribution >= 4 is 17.7 Å². The average Bonchev–Trinajstić information content (AvgIpc) is 2.72. The molecule has 0 bridgehead atoms. The third kappa shape index (κ3) is 3.06. The minimum atomic E-state index is -0.160. The van der Waals surface area contributed by atoms with Crippen LogP contribution in [0.25, 0.3) is 0 Å². The Morgan fingerprint density at radius 3 is 2.83 bits per heavy atom. The Bertz CT molecular complexity index is 396. The van der Waals surface area contributed by atoms with Gasteiger partial charge >= 0.3 is 0 Å². The summed E-state index contributed by atoms with van der Waals surface area (Å²) >= 11 is 1.83. The lowest BCUT2D eigenvalue weighted by molar-refractivity contribution is -0.129. The van der Waals surface area contributed by atoms with E-state index in [0.29, 0.717) is 12.6 Å². The van der Waals surface area contributed by atoms with E-state index in [-0.39, 0.29) is 11.9 Å². The zero-order valence-electron chi connectivity index (χ0n) is 10.9. The van der Waals surface area contributed by atoms with E-state index < -0.39 is 0 Å². The number of hydrogen-bond donors (Lipinski definition) is 1. The molecule has 1 fully saturated rings. The molecule has 98 valence electrons.